The first-order valence-corrected chi connectivity index (χ1v) is 5.18. The maximum atomic E-state index is 5.57. The maximum absolute atomic E-state index is 5.57. The van der Waals surface area contributed by atoms with Gasteiger partial charge in [-0.1, -0.05) is 0 Å². The number of hydrogen-bond donors (Lipinski definition) is 1. The molecule has 0 bridgehead atoms. The van der Waals surface area contributed by atoms with Gasteiger partial charge in [0.05, 0.1) is 6.10 Å². The number of aromatic nitrogens is 3. The number of halogens is 2. The van der Waals surface area contributed by atoms with Gasteiger partial charge in [0.1, 0.15) is 0 Å². The monoisotopic (exact) mass is 266 g/mol. The van der Waals surface area contributed by atoms with Gasteiger partial charge in [-0.15, -0.1) is 0 Å². The second-order valence-electron chi connectivity index (χ2n) is 2.78. The Morgan fingerprint density at radius 3 is 2.27 bits per heavy atom. The van der Waals surface area contributed by atoms with Crippen molar-refractivity contribution in [3.8, 4) is 0 Å². The van der Waals surface area contributed by atoms with E-state index in [1.807, 2.05) is 13.8 Å². The van der Waals surface area contributed by atoms with E-state index in [0.29, 0.717) is 0 Å². The van der Waals surface area contributed by atoms with E-state index in [9.17, 15) is 0 Å². The number of nitrogens with zero attached hydrogens (tertiary/aromatic N) is 3. The van der Waals surface area contributed by atoms with Gasteiger partial charge in [-0.25, -0.2) is 0 Å². The van der Waals surface area contributed by atoms with Gasteiger partial charge < -0.3 is 4.74 Å². The van der Waals surface area contributed by atoms with Crippen LogP contribution in [-0.2, 0) is 4.74 Å². The van der Waals surface area contributed by atoms with Crippen LogP contribution < -0.4 is 5.32 Å². The van der Waals surface area contributed by atoms with Crippen LogP contribution in [0.2, 0.25) is 10.6 Å². The van der Waals surface area contributed by atoms with Crippen LogP contribution in [0.3, 0.4) is 0 Å². The first kappa shape index (κ1) is 12.4. The van der Waals surface area contributed by atoms with Crippen LogP contribution in [0, 0.1) is 0 Å². The number of ether oxygens (including phenoxy) is 1. The zero-order chi connectivity index (χ0) is 11.4. The lowest BCUT2D eigenvalue weighted by atomic mass is 10.5. The minimum absolute atomic E-state index is 0.00940. The lowest BCUT2D eigenvalue weighted by molar-refractivity contribution is 0.234. The molecule has 1 rings (SSSR count). The van der Waals surface area contributed by atoms with Crippen LogP contribution in [0.1, 0.15) is 13.8 Å². The summed E-state index contributed by atoms with van der Waals surface area (Å²) >= 11 is 16.0. The first-order chi connectivity index (χ1) is 6.97. The van der Waals surface area contributed by atoms with E-state index >= 15 is 0 Å². The Morgan fingerprint density at radius 1 is 1.27 bits per heavy atom. The summed E-state index contributed by atoms with van der Waals surface area (Å²) in [5, 5.41) is 2.77. The Bertz CT molecular complexity index is 354. The number of anilines is 1. The molecule has 0 aliphatic carbocycles. The lowest BCUT2D eigenvalue weighted by Gasteiger charge is -2.10. The van der Waals surface area contributed by atoms with Gasteiger partial charge in [0.25, 0.3) is 5.17 Å². The molecule has 1 aromatic rings. The van der Waals surface area contributed by atoms with Crippen molar-refractivity contribution >= 4 is 46.5 Å². The van der Waals surface area contributed by atoms with E-state index in [0.717, 1.165) is 0 Å². The Hall–Kier alpha value is -0.720. The highest BCUT2D eigenvalue weighted by molar-refractivity contribution is 7.80. The van der Waals surface area contributed by atoms with Crippen LogP contribution in [-0.4, -0.2) is 26.2 Å². The van der Waals surface area contributed by atoms with E-state index in [2.05, 4.69) is 20.3 Å². The molecule has 0 aliphatic rings. The molecule has 0 saturated heterocycles. The third-order valence-corrected chi connectivity index (χ3v) is 1.67. The molecule has 1 aromatic heterocycles. The van der Waals surface area contributed by atoms with Gasteiger partial charge >= 0.3 is 0 Å². The van der Waals surface area contributed by atoms with Crippen LogP contribution in [0.4, 0.5) is 5.95 Å². The van der Waals surface area contributed by atoms with E-state index in [1.165, 1.54) is 0 Å². The largest absolute Gasteiger partial charge is 0.468 e. The predicted molar refractivity (Wildman–Crippen MR) is 62.3 cm³/mol. The molecule has 82 valence electrons. The summed E-state index contributed by atoms with van der Waals surface area (Å²) < 4.78 is 5.17. The first-order valence-electron chi connectivity index (χ1n) is 4.02. The molecule has 0 radical (unpaired) electrons. The third kappa shape index (κ3) is 4.55. The fourth-order valence-corrected chi connectivity index (χ4v) is 1.36. The highest BCUT2D eigenvalue weighted by atomic mass is 35.5. The van der Waals surface area contributed by atoms with Crippen LogP contribution in [0.15, 0.2) is 0 Å². The fourth-order valence-electron chi connectivity index (χ4n) is 0.717. The average molecular weight is 267 g/mol. The number of rotatable bonds is 2. The standard InChI is InChI=1S/C7H8Cl2N4OS/c1-3(2)14-7(15)13-6-11-4(8)10-5(9)12-6/h3H,1-2H3,(H,10,11,12,13,15). The van der Waals surface area contributed by atoms with E-state index in [1.54, 1.807) is 0 Å². The van der Waals surface area contributed by atoms with E-state index in [-0.39, 0.29) is 27.8 Å². The van der Waals surface area contributed by atoms with Crippen molar-refractivity contribution in [1.82, 2.24) is 15.0 Å². The normalized spacial score (nSPS) is 10.2. The fraction of sp³-hybridized carbons (Fsp3) is 0.429. The number of thiocarbonyl (C=S) groups is 1. The molecule has 15 heavy (non-hydrogen) atoms. The van der Waals surface area contributed by atoms with Gasteiger partial charge in [0, 0.05) is 0 Å². The smallest absolute Gasteiger partial charge is 0.263 e. The molecule has 8 heteroatoms. The van der Waals surface area contributed by atoms with E-state index < -0.39 is 0 Å². The molecule has 0 spiro atoms. The summed E-state index contributed by atoms with van der Waals surface area (Å²) in [7, 11) is 0. The molecular formula is C7H8Cl2N4OS. The zero-order valence-corrected chi connectivity index (χ0v) is 10.3. The van der Waals surface area contributed by atoms with Crippen molar-refractivity contribution in [3.05, 3.63) is 10.6 Å². The lowest BCUT2D eigenvalue weighted by Crippen LogP contribution is -2.19. The molecule has 1 heterocycles. The molecule has 0 saturated carbocycles. The molecular weight excluding hydrogens is 259 g/mol. The second kappa shape index (κ2) is 5.39. The summed E-state index contributed by atoms with van der Waals surface area (Å²) in [4.78, 5) is 11.1. The molecule has 1 N–H and O–H groups in total. The van der Waals surface area contributed by atoms with Crippen molar-refractivity contribution in [2.24, 2.45) is 0 Å². The van der Waals surface area contributed by atoms with Crippen molar-refractivity contribution in [1.29, 1.82) is 0 Å². The summed E-state index contributed by atoms with van der Waals surface area (Å²) in [6.07, 6.45) is -0.0298. The molecule has 0 fully saturated rings. The Balaban J connectivity index is 2.68. The zero-order valence-electron chi connectivity index (χ0n) is 7.99. The molecule has 0 aliphatic heterocycles. The molecule has 0 amide bonds. The molecule has 0 atom stereocenters. The summed E-state index contributed by atoms with van der Waals surface area (Å²) in [5.41, 5.74) is 0. The summed E-state index contributed by atoms with van der Waals surface area (Å²) in [5.74, 6) is 0.158. The van der Waals surface area contributed by atoms with Gasteiger partial charge in [-0.3, -0.25) is 5.32 Å². The van der Waals surface area contributed by atoms with E-state index in [4.69, 9.17) is 40.2 Å². The highest BCUT2D eigenvalue weighted by Crippen LogP contribution is 2.09. The minimum Gasteiger partial charge on any atom is -0.468 e. The van der Waals surface area contributed by atoms with Crippen molar-refractivity contribution < 1.29 is 4.74 Å². The Morgan fingerprint density at radius 2 is 1.80 bits per heavy atom. The van der Waals surface area contributed by atoms with Crippen LogP contribution in [0.25, 0.3) is 0 Å². The van der Waals surface area contributed by atoms with Crippen LogP contribution in [0.5, 0.6) is 0 Å². The third-order valence-electron chi connectivity index (χ3n) is 1.14. The molecule has 0 aromatic carbocycles. The SMILES string of the molecule is CC(C)OC(=S)Nc1nc(Cl)nc(Cl)n1. The van der Waals surface area contributed by atoms with Gasteiger partial charge in [0.2, 0.25) is 16.5 Å². The highest BCUT2D eigenvalue weighted by Gasteiger charge is 2.06. The quantitative estimate of drug-likeness (QED) is 0.830. The predicted octanol–water partition coefficient (Wildman–Crippen LogP) is 2.30. The van der Waals surface area contributed by atoms with Crippen molar-refractivity contribution in [3.63, 3.8) is 0 Å². The number of nitrogens with one attached hydrogen (secondary N) is 1. The van der Waals surface area contributed by atoms with Gasteiger partial charge in [0.15, 0.2) is 0 Å². The Labute approximate surface area is 102 Å². The minimum atomic E-state index is -0.0298. The molecule has 5 nitrogen and oxygen atoms in total. The van der Waals surface area contributed by atoms with Gasteiger partial charge in [-0.05, 0) is 49.3 Å². The summed E-state index contributed by atoms with van der Waals surface area (Å²) in [6.45, 7) is 3.70. The Kier molecular flexibility index (Phi) is 4.44. The second-order valence-corrected chi connectivity index (χ2v) is 3.82. The van der Waals surface area contributed by atoms with Gasteiger partial charge in [-0.2, -0.15) is 15.0 Å². The van der Waals surface area contributed by atoms with Crippen LogP contribution >= 0.6 is 35.4 Å². The van der Waals surface area contributed by atoms with Crippen molar-refractivity contribution in [2.45, 2.75) is 20.0 Å². The summed E-state index contributed by atoms with van der Waals surface area (Å²) in [6, 6.07) is 0. The molecule has 0 unspecified atom stereocenters. The maximum Gasteiger partial charge on any atom is 0.263 e. The average Bonchev–Trinajstić information content (AvgIpc) is 1.98. The van der Waals surface area contributed by atoms with Crippen molar-refractivity contribution in [2.75, 3.05) is 5.32 Å². The number of hydrogen-bond acceptors (Lipinski definition) is 5. The topological polar surface area (TPSA) is 59.9 Å².